The third-order valence-electron chi connectivity index (χ3n) is 7.46. The molecule has 1 aliphatic carbocycles. The molecule has 198 valence electrons. The Balaban J connectivity index is 1.62. The van der Waals surface area contributed by atoms with E-state index < -0.39 is 28.6 Å². The van der Waals surface area contributed by atoms with Gasteiger partial charge in [-0.25, -0.2) is 4.98 Å². The van der Waals surface area contributed by atoms with E-state index in [0.717, 1.165) is 31.3 Å². The molecular formula is C26H35N6O5+. The third-order valence-corrected chi connectivity index (χ3v) is 7.46. The Labute approximate surface area is 215 Å². The molecule has 6 N–H and O–H groups in total. The van der Waals surface area contributed by atoms with Gasteiger partial charge in [-0.2, -0.15) is 0 Å². The molecule has 11 heteroatoms. The molecule has 2 aliphatic rings. The summed E-state index contributed by atoms with van der Waals surface area (Å²) >= 11 is 0. The van der Waals surface area contributed by atoms with Gasteiger partial charge in [-0.15, -0.1) is 0 Å². The van der Waals surface area contributed by atoms with Crippen LogP contribution in [0.25, 0.3) is 0 Å². The summed E-state index contributed by atoms with van der Waals surface area (Å²) in [7, 11) is 1.88. The van der Waals surface area contributed by atoms with Gasteiger partial charge in [0.05, 0.1) is 43.9 Å². The predicted octanol–water partition coefficient (Wildman–Crippen LogP) is 1.08. The molecule has 1 unspecified atom stereocenters. The number of ether oxygens (including phenoxy) is 1. The molecule has 1 saturated carbocycles. The largest absolute Gasteiger partial charge is 0.504 e. The van der Waals surface area contributed by atoms with Crippen molar-refractivity contribution in [2.24, 2.45) is 5.41 Å². The zero-order valence-electron chi connectivity index (χ0n) is 21.5. The topological polar surface area (TPSA) is 161 Å². The number of hydrogen-bond acceptors (Lipinski definition) is 9. The van der Waals surface area contributed by atoms with Crippen LogP contribution in [0.3, 0.4) is 0 Å². The predicted molar refractivity (Wildman–Crippen MR) is 141 cm³/mol. The molecule has 1 aliphatic heterocycles. The van der Waals surface area contributed by atoms with Crippen molar-refractivity contribution >= 4 is 28.7 Å². The van der Waals surface area contributed by atoms with Gasteiger partial charge in [-0.3, -0.25) is 14.4 Å². The number of aromatic hydroxyl groups is 1. The van der Waals surface area contributed by atoms with E-state index >= 15 is 0 Å². The molecule has 1 amide bonds. The van der Waals surface area contributed by atoms with E-state index in [9.17, 15) is 19.5 Å². The minimum Gasteiger partial charge on any atom is -0.504 e. The summed E-state index contributed by atoms with van der Waals surface area (Å²) < 4.78 is 5.28. The van der Waals surface area contributed by atoms with Crippen LogP contribution in [0.4, 0.5) is 17.1 Å². The van der Waals surface area contributed by atoms with Gasteiger partial charge >= 0.3 is 0 Å². The van der Waals surface area contributed by atoms with E-state index in [1.807, 2.05) is 25.5 Å². The van der Waals surface area contributed by atoms with Crippen molar-refractivity contribution in [2.75, 3.05) is 44.0 Å². The number of amides is 1. The maximum Gasteiger partial charge on any atom is 0.276 e. The summed E-state index contributed by atoms with van der Waals surface area (Å²) in [5.74, 6) is -0.840. The van der Waals surface area contributed by atoms with E-state index in [4.69, 9.17) is 10.1 Å². The second-order valence-corrected chi connectivity index (χ2v) is 10.0. The van der Waals surface area contributed by atoms with E-state index in [1.54, 1.807) is 4.90 Å². The quantitative estimate of drug-likeness (QED) is 0.247. The van der Waals surface area contributed by atoms with Crippen LogP contribution in [0, 0.1) is 10.8 Å². The van der Waals surface area contributed by atoms with Crippen LogP contribution in [0.5, 0.6) is 5.75 Å². The molecule has 37 heavy (non-hydrogen) atoms. The lowest BCUT2D eigenvalue weighted by atomic mass is 9.76. The van der Waals surface area contributed by atoms with Gasteiger partial charge in [0.25, 0.3) is 16.8 Å². The first-order valence-electron chi connectivity index (χ1n) is 12.6. The Morgan fingerprint density at radius 1 is 1.24 bits per heavy atom. The zero-order valence-corrected chi connectivity index (χ0v) is 21.5. The van der Waals surface area contributed by atoms with Crippen LogP contribution >= 0.6 is 0 Å². The lowest BCUT2D eigenvalue weighted by Gasteiger charge is -2.36. The number of carbonyl (C=O) groups is 1. The van der Waals surface area contributed by atoms with Crippen LogP contribution in [0.2, 0.25) is 0 Å². The monoisotopic (exact) mass is 511 g/mol. The van der Waals surface area contributed by atoms with Gasteiger partial charge in [-0.05, 0) is 31.2 Å². The average Bonchev–Trinajstić information content (AvgIpc) is 3.35. The number of anilines is 3. The minimum absolute atomic E-state index is 0.000597. The fourth-order valence-electron chi connectivity index (χ4n) is 5.19. The zero-order chi connectivity index (χ0) is 26.7. The Bertz CT molecular complexity index is 1280. The molecule has 1 saturated heterocycles. The third kappa shape index (κ3) is 5.14. The van der Waals surface area contributed by atoms with E-state index in [0.29, 0.717) is 32.0 Å². The summed E-state index contributed by atoms with van der Waals surface area (Å²) in [6.45, 7) is 5.55. The first kappa shape index (κ1) is 26.5. The van der Waals surface area contributed by atoms with Gasteiger partial charge in [0.1, 0.15) is 11.4 Å². The molecule has 2 heterocycles. The standard InChI is InChI=1S/C26H34N6O5/c1-15(14-28-3)17(27)24(26(2)7-4-5-8-26)31-19-18(22(34)23(19)35)30-16-6-9-29-20(21(16)33)25(36)32-10-12-37-13-11-32/h6,9,14,24,27-28,31,33H,4-5,7-8,10-13H2,1-3H3,(H,29,30)/p+1. The van der Waals surface area contributed by atoms with Crippen molar-refractivity contribution in [3.05, 3.63) is 50.2 Å². The van der Waals surface area contributed by atoms with Crippen LogP contribution in [-0.2, 0) is 4.74 Å². The number of pyridine rings is 1. The number of nitrogens with zero attached hydrogens (tertiary/aromatic N) is 2. The number of hydrogen-bond donors (Lipinski definition) is 5. The maximum atomic E-state index is 12.9. The van der Waals surface area contributed by atoms with Gasteiger partial charge in [-0.1, -0.05) is 19.8 Å². The Kier molecular flexibility index (Phi) is 7.74. The highest BCUT2D eigenvalue weighted by atomic mass is 16.5. The van der Waals surface area contributed by atoms with Crippen molar-refractivity contribution < 1.29 is 20.0 Å². The SMILES string of the molecule is C[NH2+]C=C(C)C(=N)C(Nc1c(Nc2ccnc(C(=O)N3CCOCC3)c2O)c(=O)c1=O)C1(C)CCCC1. The minimum atomic E-state index is -0.726. The summed E-state index contributed by atoms with van der Waals surface area (Å²) in [6.07, 6.45) is 7.08. The molecule has 2 fully saturated rings. The first-order chi connectivity index (χ1) is 17.7. The second-order valence-electron chi connectivity index (χ2n) is 10.0. The van der Waals surface area contributed by atoms with E-state index in [1.165, 1.54) is 12.3 Å². The molecular weight excluding hydrogens is 476 g/mol. The average molecular weight is 512 g/mol. The Hall–Kier alpha value is -3.57. The second kappa shape index (κ2) is 10.8. The van der Waals surface area contributed by atoms with Crippen molar-refractivity contribution in [1.29, 1.82) is 5.41 Å². The molecule has 0 radical (unpaired) electrons. The summed E-state index contributed by atoms with van der Waals surface area (Å²) in [6, 6.07) is 0.966. The van der Waals surface area contributed by atoms with Gasteiger partial charge in [0.2, 0.25) is 0 Å². The van der Waals surface area contributed by atoms with Crippen LogP contribution in [0.15, 0.2) is 33.6 Å². The van der Waals surface area contributed by atoms with Crippen LogP contribution < -0.4 is 26.8 Å². The Morgan fingerprint density at radius 2 is 1.89 bits per heavy atom. The van der Waals surface area contributed by atoms with E-state index in [-0.39, 0.29) is 28.2 Å². The summed E-state index contributed by atoms with van der Waals surface area (Å²) in [5, 5.41) is 27.6. The fraction of sp³-hybridized carbons (Fsp3) is 0.500. The van der Waals surface area contributed by atoms with Gasteiger partial charge in [0, 0.05) is 24.9 Å². The van der Waals surface area contributed by atoms with Crippen LogP contribution in [-0.4, -0.2) is 66.0 Å². The van der Waals surface area contributed by atoms with E-state index in [2.05, 4.69) is 22.5 Å². The molecule has 1 aromatic heterocycles. The number of quaternary nitrogens is 1. The highest BCUT2D eigenvalue weighted by Crippen LogP contribution is 2.43. The summed E-state index contributed by atoms with van der Waals surface area (Å²) in [4.78, 5) is 43.7. The smallest absolute Gasteiger partial charge is 0.276 e. The number of rotatable bonds is 9. The lowest BCUT2D eigenvalue weighted by Crippen LogP contribution is -2.73. The number of nitrogens with two attached hydrogens (primary N) is 1. The summed E-state index contributed by atoms with van der Waals surface area (Å²) in [5.41, 5.74) is -0.483. The normalized spacial score (nSPS) is 18.6. The highest BCUT2D eigenvalue weighted by molar-refractivity contribution is 6.04. The molecule has 2 aromatic rings. The highest BCUT2D eigenvalue weighted by Gasteiger charge is 2.41. The number of morpholine rings is 1. The van der Waals surface area contributed by atoms with Gasteiger partial charge < -0.3 is 36.1 Å². The van der Waals surface area contributed by atoms with Crippen molar-refractivity contribution in [3.8, 4) is 5.75 Å². The van der Waals surface area contributed by atoms with Gasteiger partial charge in [0.15, 0.2) is 11.4 Å². The number of aromatic nitrogens is 1. The molecule has 0 bridgehead atoms. The first-order valence-corrected chi connectivity index (χ1v) is 12.6. The van der Waals surface area contributed by atoms with Crippen molar-refractivity contribution in [2.45, 2.75) is 45.6 Å². The molecule has 1 aromatic carbocycles. The molecule has 0 spiro atoms. The van der Waals surface area contributed by atoms with Crippen LogP contribution in [0.1, 0.15) is 50.0 Å². The molecule has 1 atom stereocenters. The number of nitrogens with one attached hydrogen (secondary N) is 3. The van der Waals surface area contributed by atoms with Crippen molar-refractivity contribution in [3.63, 3.8) is 0 Å². The maximum absolute atomic E-state index is 12.9. The Morgan fingerprint density at radius 3 is 2.54 bits per heavy atom. The fourth-order valence-corrected chi connectivity index (χ4v) is 5.19. The molecule has 11 nitrogen and oxygen atoms in total. The molecule has 4 rings (SSSR count). The number of carbonyl (C=O) groups excluding carboxylic acids is 1. The lowest BCUT2D eigenvalue weighted by molar-refractivity contribution is -0.557. The van der Waals surface area contributed by atoms with Crippen molar-refractivity contribution in [1.82, 2.24) is 9.88 Å².